The van der Waals surface area contributed by atoms with Gasteiger partial charge in [-0.3, -0.25) is 5.32 Å². The molecule has 0 aliphatic heterocycles. The molecular formula is C13H17N5O3S2. The van der Waals surface area contributed by atoms with Crippen molar-refractivity contribution in [2.75, 3.05) is 31.4 Å². The first-order chi connectivity index (χ1) is 10.8. The van der Waals surface area contributed by atoms with Crippen LogP contribution in [0.4, 0.5) is 21.0 Å². The van der Waals surface area contributed by atoms with Crippen molar-refractivity contribution in [3.63, 3.8) is 0 Å². The van der Waals surface area contributed by atoms with Crippen molar-refractivity contribution in [3.05, 3.63) is 24.3 Å². The number of hydrogen-bond acceptors (Lipinski definition) is 5. The fourth-order valence-electron chi connectivity index (χ4n) is 1.59. The molecule has 0 heterocycles. The second kappa shape index (κ2) is 8.25. The molecule has 0 aliphatic rings. The van der Waals surface area contributed by atoms with Gasteiger partial charge in [0.15, 0.2) is 10.2 Å². The number of nitrogens with zero attached hydrogens (tertiary/aromatic N) is 2. The first-order valence-corrected chi connectivity index (χ1v) is 7.15. The summed E-state index contributed by atoms with van der Waals surface area (Å²) < 4.78 is 4.45. The number of thiocarbonyl (C=S) groups is 2. The number of carbonyl (C=O) groups is 2. The van der Waals surface area contributed by atoms with Crippen LogP contribution in [0.25, 0.3) is 0 Å². The molecule has 0 bridgehead atoms. The zero-order valence-corrected chi connectivity index (χ0v) is 14.5. The Morgan fingerprint density at radius 2 is 1.83 bits per heavy atom. The molecule has 23 heavy (non-hydrogen) atoms. The summed E-state index contributed by atoms with van der Waals surface area (Å²) in [5, 5.41) is 4.99. The number of amides is 3. The van der Waals surface area contributed by atoms with Crippen LogP contribution in [0.5, 0.6) is 0 Å². The highest BCUT2D eigenvalue weighted by Crippen LogP contribution is 2.26. The van der Waals surface area contributed by atoms with Gasteiger partial charge in [0.1, 0.15) is 0 Å². The smallest absolute Gasteiger partial charge is 0.413 e. The Hall–Kier alpha value is -2.46. The molecule has 1 aromatic carbocycles. The first-order valence-electron chi connectivity index (χ1n) is 6.33. The average Bonchev–Trinajstić information content (AvgIpc) is 2.48. The van der Waals surface area contributed by atoms with E-state index in [9.17, 15) is 9.59 Å². The minimum Gasteiger partial charge on any atom is -0.453 e. The predicted molar refractivity (Wildman–Crippen MR) is 96.6 cm³/mol. The number of nitrogens with two attached hydrogens (primary N) is 1. The maximum absolute atomic E-state index is 12.3. The van der Waals surface area contributed by atoms with E-state index in [1.165, 1.54) is 12.0 Å². The Bertz CT molecular complexity index is 636. The number of rotatable bonds is 2. The largest absolute Gasteiger partial charge is 0.453 e. The van der Waals surface area contributed by atoms with Gasteiger partial charge in [-0.2, -0.15) is 0 Å². The van der Waals surface area contributed by atoms with Crippen molar-refractivity contribution in [2.24, 2.45) is 5.73 Å². The van der Waals surface area contributed by atoms with E-state index >= 15 is 0 Å². The van der Waals surface area contributed by atoms with Gasteiger partial charge in [-0.25, -0.2) is 14.5 Å². The Balaban J connectivity index is 3.12. The van der Waals surface area contributed by atoms with Crippen molar-refractivity contribution in [3.8, 4) is 0 Å². The molecular weight excluding hydrogens is 338 g/mol. The van der Waals surface area contributed by atoms with Crippen LogP contribution in [0.3, 0.4) is 0 Å². The van der Waals surface area contributed by atoms with Gasteiger partial charge in [-0.05, 0) is 36.6 Å². The minimum absolute atomic E-state index is 0.00416. The summed E-state index contributed by atoms with van der Waals surface area (Å²) in [5.41, 5.74) is 6.51. The third-order valence-electron chi connectivity index (χ3n) is 2.59. The molecule has 0 aromatic heterocycles. The molecule has 1 aromatic rings. The third kappa shape index (κ3) is 5.04. The number of hydrogen-bond donors (Lipinski definition) is 3. The molecule has 3 amide bonds. The number of carbonyl (C=O) groups excluding carboxylic acids is 2. The maximum atomic E-state index is 12.3. The fourth-order valence-corrected chi connectivity index (χ4v) is 1.96. The van der Waals surface area contributed by atoms with Crippen molar-refractivity contribution in [1.29, 1.82) is 0 Å². The SMILES string of the molecule is COC(=O)NC(=S)Nc1ccccc1N(C(=O)N(C)C)C(N)=S. The number of nitrogens with one attached hydrogen (secondary N) is 2. The summed E-state index contributed by atoms with van der Waals surface area (Å²) in [4.78, 5) is 25.9. The summed E-state index contributed by atoms with van der Waals surface area (Å²) in [7, 11) is 4.37. The molecule has 1 rings (SSSR count). The molecule has 0 saturated heterocycles. The lowest BCUT2D eigenvalue weighted by atomic mass is 10.2. The van der Waals surface area contributed by atoms with Crippen LogP contribution in [-0.2, 0) is 4.74 Å². The molecule has 8 nitrogen and oxygen atoms in total. The maximum Gasteiger partial charge on any atom is 0.413 e. The van der Waals surface area contributed by atoms with Gasteiger partial charge in [-0.1, -0.05) is 12.1 Å². The van der Waals surface area contributed by atoms with Crippen molar-refractivity contribution < 1.29 is 14.3 Å². The van der Waals surface area contributed by atoms with Crippen molar-refractivity contribution in [1.82, 2.24) is 10.2 Å². The standard InChI is InChI=1S/C13H17N5O3S2/c1-17(2)13(20)18(10(14)22)9-7-5-4-6-8(9)15-11(23)16-12(19)21-3/h4-7H,1-3H3,(H2,14,22)(H2,15,16,19,23). The van der Waals surface area contributed by atoms with Gasteiger partial charge in [-0.15, -0.1) is 0 Å². The summed E-state index contributed by atoms with van der Waals surface area (Å²) in [5.74, 6) is 0. The van der Waals surface area contributed by atoms with Gasteiger partial charge in [0.2, 0.25) is 0 Å². The van der Waals surface area contributed by atoms with E-state index in [2.05, 4.69) is 15.4 Å². The highest BCUT2D eigenvalue weighted by Gasteiger charge is 2.23. The van der Waals surface area contributed by atoms with Crippen molar-refractivity contribution >= 4 is 58.2 Å². The number of anilines is 2. The number of methoxy groups -OCH3 is 1. The molecule has 0 unspecified atom stereocenters. The van der Waals surface area contributed by atoms with Gasteiger partial charge in [0.25, 0.3) is 0 Å². The Morgan fingerprint density at radius 1 is 1.22 bits per heavy atom. The highest BCUT2D eigenvalue weighted by molar-refractivity contribution is 7.80. The molecule has 0 atom stereocenters. The van der Waals surface area contributed by atoms with Gasteiger partial charge >= 0.3 is 12.1 Å². The quantitative estimate of drug-likeness (QED) is 0.691. The van der Waals surface area contributed by atoms with E-state index in [0.717, 1.165) is 4.90 Å². The number of para-hydroxylation sites is 2. The number of benzene rings is 1. The zero-order chi connectivity index (χ0) is 17.6. The fraction of sp³-hybridized carbons (Fsp3) is 0.231. The molecule has 10 heteroatoms. The molecule has 124 valence electrons. The van der Waals surface area contributed by atoms with E-state index in [1.54, 1.807) is 38.4 Å². The first kappa shape index (κ1) is 18.6. The molecule has 0 radical (unpaired) electrons. The Labute approximate surface area is 144 Å². The lowest BCUT2D eigenvalue weighted by molar-refractivity contribution is 0.177. The van der Waals surface area contributed by atoms with Crippen LogP contribution >= 0.6 is 24.4 Å². The van der Waals surface area contributed by atoms with Crippen LogP contribution < -0.4 is 21.3 Å². The Kier molecular flexibility index (Phi) is 6.66. The van der Waals surface area contributed by atoms with Crippen LogP contribution in [0.2, 0.25) is 0 Å². The average molecular weight is 355 g/mol. The lowest BCUT2D eigenvalue weighted by Crippen LogP contribution is -2.46. The molecule has 4 N–H and O–H groups in total. The summed E-state index contributed by atoms with van der Waals surface area (Å²) in [6.07, 6.45) is -0.712. The lowest BCUT2D eigenvalue weighted by Gasteiger charge is -2.26. The Morgan fingerprint density at radius 3 is 2.35 bits per heavy atom. The van der Waals surface area contributed by atoms with E-state index in [0.29, 0.717) is 11.4 Å². The third-order valence-corrected chi connectivity index (χ3v) is 2.98. The van der Waals surface area contributed by atoms with Gasteiger partial charge in [0.05, 0.1) is 18.5 Å². The molecule has 0 aliphatic carbocycles. The van der Waals surface area contributed by atoms with Gasteiger partial charge < -0.3 is 20.7 Å². The highest BCUT2D eigenvalue weighted by atomic mass is 32.1. The molecule has 0 saturated carbocycles. The summed E-state index contributed by atoms with van der Waals surface area (Å²) in [6.45, 7) is 0. The summed E-state index contributed by atoms with van der Waals surface area (Å²) in [6, 6.07) is 6.33. The zero-order valence-electron chi connectivity index (χ0n) is 12.8. The summed E-state index contributed by atoms with van der Waals surface area (Å²) >= 11 is 9.97. The minimum atomic E-state index is -0.712. The predicted octanol–water partition coefficient (Wildman–Crippen LogP) is 1.47. The normalized spacial score (nSPS) is 9.52. The monoisotopic (exact) mass is 355 g/mol. The number of ether oxygens (including phenoxy) is 1. The van der Waals surface area contributed by atoms with Crippen LogP contribution in [0.15, 0.2) is 24.3 Å². The second-order valence-corrected chi connectivity index (χ2v) is 5.27. The number of urea groups is 1. The topological polar surface area (TPSA) is 99.9 Å². The van der Waals surface area contributed by atoms with Crippen molar-refractivity contribution in [2.45, 2.75) is 0 Å². The molecule has 0 fully saturated rings. The van der Waals surface area contributed by atoms with E-state index in [4.69, 9.17) is 30.2 Å². The van der Waals surface area contributed by atoms with E-state index in [-0.39, 0.29) is 10.2 Å². The van der Waals surface area contributed by atoms with Gasteiger partial charge in [0, 0.05) is 14.1 Å². The van der Waals surface area contributed by atoms with E-state index < -0.39 is 12.1 Å². The van der Waals surface area contributed by atoms with E-state index in [1.807, 2.05) is 0 Å². The van der Waals surface area contributed by atoms with Crippen LogP contribution in [0, 0.1) is 0 Å². The molecule has 0 spiro atoms. The second-order valence-electron chi connectivity index (χ2n) is 4.44. The van der Waals surface area contributed by atoms with Crippen LogP contribution in [-0.4, -0.2) is 48.5 Å². The number of alkyl carbamates (subject to hydrolysis) is 1. The van der Waals surface area contributed by atoms with Crippen LogP contribution in [0.1, 0.15) is 0 Å².